The average molecular weight is 385 g/mol. The van der Waals surface area contributed by atoms with E-state index in [0.29, 0.717) is 25.9 Å². The molecular weight excluding hydrogens is 338 g/mol. The minimum atomic E-state index is 0.169. The third-order valence-electron chi connectivity index (χ3n) is 5.09. The maximum absolute atomic E-state index is 11.9. The zero-order valence-electron chi connectivity index (χ0n) is 18.6. The molecule has 5 heteroatoms. The molecule has 0 aromatic rings. The lowest BCUT2D eigenvalue weighted by molar-refractivity contribution is -0.887. The molecule has 0 rings (SSSR count). The molecule has 0 heterocycles. The molecule has 0 spiro atoms. The summed E-state index contributed by atoms with van der Waals surface area (Å²) in [6.45, 7) is 7.57. The third kappa shape index (κ3) is 18.0. The minimum Gasteiger partial charge on any atom is -0.350 e. The van der Waals surface area contributed by atoms with Crippen LogP contribution in [0.5, 0.6) is 0 Å². The van der Waals surface area contributed by atoms with Gasteiger partial charge < -0.3 is 15.1 Å². The Bertz CT molecular complexity index is 350. The van der Waals surface area contributed by atoms with Crippen molar-refractivity contribution in [2.75, 3.05) is 40.3 Å². The van der Waals surface area contributed by atoms with Crippen molar-refractivity contribution >= 4 is 11.8 Å². The molecule has 2 amide bonds. The number of rotatable bonds is 18. The van der Waals surface area contributed by atoms with E-state index in [2.05, 4.69) is 38.6 Å². The molecule has 0 bridgehead atoms. The van der Waals surface area contributed by atoms with Gasteiger partial charge >= 0.3 is 0 Å². The molecule has 0 aromatic carbocycles. The summed E-state index contributed by atoms with van der Waals surface area (Å²) in [5, 5.41) is 6.06. The molecular formula is C22H46N3O2+. The molecule has 5 nitrogen and oxygen atoms in total. The molecule has 0 radical (unpaired) electrons. The van der Waals surface area contributed by atoms with Gasteiger partial charge in [-0.15, -0.1) is 0 Å². The van der Waals surface area contributed by atoms with Crippen LogP contribution in [0.1, 0.15) is 90.9 Å². The fourth-order valence-electron chi connectivity index (χ4n) is 3.06. The van der Waals surface area contributed by atoms with Crippen LogP contribution in [-0.2, 0) is 9.59 Å². The van der Waals surface area contributed by atoms with Crippen molar-refractivity contribution in [3.05, 3.63) is 0 Å². The Morgan fingerprint density at radius 2 is 1.00 bits per heavy atom. The Balaban J connectivity index is 3.67. The summed E-state index contributed by atoms with van der Waals surface area (Å²) in [6, 6.07) is 0. The largest absolute Gasteiger partial charge is 0.350 e. The predicted molar refractivity (Wildman–Crippen MR) is 115 cm³/mol. The summed E-state index contributed by atoms with van der Waals surface area (Å²) in [4.78, 5) is 23.7. The lowest BCUT2D eigenvalue weighted by atomic mass is 10.1. The van der Waals surface area contributed by atoms with Crippen LogP contribution < -0.4 is 10.6 Å². The summed E-state index contributed by atoms with van der Waals surface area (Å²) in [5.74, 6) is 0.339. The van der Waals surface area contributed by atoms with Crippen LogP contribution in [-0.4, -0.2) is 56.6 Å². The van der Waals surface area contributed by atoms with Gasteiger partial charge in [-0.05, 0) is 12.8 Å². The molecule has 0 atom stereocenters. The highest BCUT2D eigenvalue weighted by Gasteiger charge is 2.15. The summed E-state index contributed by atoms with van der Waals surface area (Å²) >= 11 is 0. The van der Waals surface area contributed by atoms with Crippen LogP contribution in [0, 0.1) is 0 Å². The molecule has 0 aromatic heterocycles. The summed E-state index contributed by atoms with van der Waals surface area (Å²) in [6.07, 6.45) is 13.1. The minimum absolute atomic E-state index is 0.169. The molecule has 0 saturated carbocycles. The van der Waals surface area contributed by atoms with Crippen molar-refractivity contribution in [3.63, 3.8) is 0 Å². The van der Waals surface area contributed by atoms with Crippen molar-refractivity contribution in [1.29, 1.82) is 0 Å². The van der Waals surface area contributed by atoms with E-state index >= 15 is 0 Å². The Labute approximate surface area is 168 Å². The average Bonchev–Trinajstić information content (AvgIpc) is 2.61. The summed E-state index contributed by atoms with van der Waals surface area (Å²) in [7, 11) is 4.29. The van der Waals surface area contributed by atoms with Crippen molar-refractivity contribution in [3.8, 4) is 0 Å². The van der Waals surface area contributed by atoms with Gasteiger partial charge in [0.15, 0.2) is 0 Å². The van der Waals surface area contributed by atoms with E-state index in [1.165, 1.54) is 38.5 Å². The highest BCUT2D eigenvalue weighted by Crippen LogP contribution is 2.05. The number of hydrogen-bond donors (Lipinski definition) is 2. The highest BCUT2D eigenvalue weighted by atomic mass is 16.2. The smallest absolute Gasteiger partial charge is 0.220 e. The fraction of sp³-hybridized carbons (Fsp3) is 0.909. The lowest BCUT2D eigenvalue weighted by Gasteiger charge is -2.30. The summed E-state index contributed by atoms with van der Waals surface area (Å²) in [5.41, 5.74) is 0. The van der Waals surface area contributed by atoms with Gasteiger partial charge in [0, 0.05) is 12.8 Å². The zero-order valence-corrected chi connectivity index (χ0v) is 18.6. The molecule has 0 aliphatic heterocycles. The topological polar surface area (TPSA) is 58.2 Å². The van der Waals surface area contributed by atoms with E-state index in [4.69, 9.17) is 0 Å². The van der Waals surface area contributed by atoms with E-state index in [-0.39, 0.29) is 11.8 Å². The Morgan fingerprint density at radius 3 is 1.37 bits per heavy atom. The number of unbranched alkanes of at least 4 members (excludes halogenated alkanes) is 8. The number of hydrogen-bond acceptors (Lipinski definition) is 2. The number of carbonyl (C=O) groups excluding carboxylic acids is 2. The van der Waals surface area contributed by atoms with Gasteiger partial charge in [-0.3, -0.25) is 9.59 Å². The standard InChI is InChI=1S/C22H45N3O2/c1-5-7-9-11-13-15-21(26)23-17-19-25(3,4)20-18-24-22(27)16-14-12-10-8-6-2/h5-20H2,1-4H3,(H-,23,24,26,27)/p+1. The van der Waals surface area contributed by atoms with E-state index in [1.54, 1.807) is 0 Å². The van der Waals surface area contributed by atoms with Crippen LogP contribution in [0.4, 0.5) is 0 Å². The van der Waals surface area contributed by atoms with Crippen LogP contribution in [0.3, 0.4) is 0 Å². The molecule has 2 N–H and O–H groups in total. The first-order valence-electron chi connectivity index (χ1n) is 11.3. The van der Waals surface area contributed by atoms with E-state index in [9.17, 15) is 9.59 Å². The number of carbonyl (C=O) groups is 2. The van der Waals surface area contributed by atoms with Gasteiger partial charge in [0.2, 0.25) is 11.8 Å². The second-order valence-electron chi connectivity index (χ2n) is 8.41. The van der Waals surface area contributed by atoms with E-state index in [0.717, 1.165) is 43.3 Å². The quantitative estimate of drug-likeness (QED) is 0.277. The molecule has 0 unspecified atom stereocenters. The lowest BCUT2D eigenvalue weighted by Crippen LogP contribution is -2.49. The Morgan fingerprint density at radius 1 is 0.630 bits per heavy atom. The first-order valence-corrected chi connectivity index (χ1v) is 11.3. The van der Waals surface area contributed by atoms with Gasteiger partial charge in [0.1, 0.15) is 0 Å². The predicted octanol–water partition coefficient (Wildman–Crippen LogP) is 4.02. The fourth-order valence-corrected chi connectivity index (χ4v) is 3.06. The molecule has 0 aliphatic carbocycles. The van der Waals surface area contributed by atoms with Crippen molar-refractivity contribution in [2.45, 2.75) is 90.9 Å². The van der Waals surface area contributed by atoms with E-state index < -0.39 is 0 Å². The monoisotopic (exact) mass is 384 g/mol. The van der Waals surface area contributed by atoms with Crippen LogP contribution in [0.2, 0.25) is 0 Å². The van der Waals surface area contributed by atoms with Gasteiger partial charge in [-0.2, -0.15) is 0 Å². The Kier molecular flexibility index (Phi) is 16.3. The second kappa shape index (κ2) is 17.0. The molecule has 0 aliphatic rings. The van der Waals surface area contributed by atoms with Crippen LogP contribution >= 0.6 is 0 Å². The van der Waals surface area contributed by atoms with Gasteiger partial charge in [-0.25, -0.2) is 0 Å². The normalized spacial score (nSPS) is 11.4. The molecule has 0 fully saturated rings. The SMILES string of the molecule is CCCCCCCC(=O)NCC[N+](C)(C)CCNC(=O)CCCCCCC. The first kappa shape index (κ1) is 25.9. The highest BCUT2D eigenvalue weighted by molar-refractivity contribution is 5.76. The van der Waals surface area contributed by atoms with Crippen LogP contribution in [0.15, 0.2) is 0 Å². The number of nitrogens with one attached hydrogen (secondary N) is 2. The molecule has 0 saturated heterocycles. The number of quaternary nitrogens is 1. The van der Waals surface area contributed by atoms with Crippen LogP contribution in [0.25, 0.3) is 0 Å². The third-order valence-corrected chi connectivity index (χ3v) is 5.09. The van der Waals surface area contributed by atoms with E-state index in [1.807, 2.05) is 0 Å². The molecule has 160 valence electrons. The summed E-state index contributed by atoms with van der Waals surface area (Å²) < 4.78 is 0.799. The van der Waals surface area contributed by atoms with Gasteiger partial charge in [-0.1, -0.05) is 65.2 Å². The van der Waals surface area contributed by atoms with Crippen molar-refractivity contribution < 1.29 is 14.1 Å². The van der Waals surface area contributed by atoms with Gasteiger partial charge in [0.25, 0.3) is 0 Å². The maximum Gasteiger partial charge on any atom is 0.220 e. The van der Waals surface area contributed by atoms with Crippen molar-refractivity contribution in [2.24, 2.45) is 0 Å². The van der Waals surface area contributed by atoms with Gasteiger partial charge in [0.05, 0.1) is 40.3 Å². The number of likely N-dealkylation sites (N-methyl/N-ethyl adjacent to an activating group) is 1. The number of nitrogens with zero attached hydrogens (tertiary/aromatic N) is 1. The number of amides is 2. The maximum atomic E-state index is 11.9. The zero-order chi connectivity index (χ0) is 20.4. The Hall–Kier alpha value is -1.10. The first-order chi connectivity index (χ1) is 12.9. The second-order valence-corrected chi connectivity index (χ2v) is 8.41. The molecule has 27 heavy (non-hydrogen) atoms. The van der Waals surface area contributed by atoms with Crippen molar-refractivity contribution in [1.82, 2.24) is 10.6 Å².